The first-order valence-electron chi connectivity index (χ1n) is 5.63. The summed E-state index contributed by atoms with van der Waals surface area (Å²) < 4.78 is 0. The van der Waals surface area contributed by atoms with Gasteiger partial charge in [-0.2, -0.15) is 0 Å². The third-order valence-electron chi connectivity index (χ3n) is 2.30. The van der Waals surface area contributed by atoms with Crippen molar-refractivity contribution >= 4 is 5.78 Å². The van der Waals surface area contributed by atoms with E-state index in [9.17, 15) is 4.79 Å². The maximum Gasteiger partial charge on any atom is 0.135 e. The molecule has 3 heteroatoms. The lowest BCUT2D eigenvalue weighted by atomic mass is 10.00. The molecular weight excluding hydrogens is 176 g/mol. The molecule has 2 unspecified atom stereocenters. The van der Waals surface area contributed by atoms with Gasteiger partial charge in [0.1, 0.15) is 5.78 Å². The molecule has 0 aliphatic heterocycles. The number of ketones is 1. The van der Waals surface area contributed by atoms with Gasteiger partial charge in [0.25, 0.3) is 0 Å². The quantitative estimate of drug-likeness (QED) is 0.625. The summed E-state index contributed by atoms with van der Waals surface area (Å²) in [5, 5.41) is 0. The molecular formula is C11H24N2O. The predicted molar refractivity (Wildman–Crippen MR) is 60.0 cm³/mol. The van der Waals surface area contributed by atoms with Crippen molar-refractivity contribution in [3.8, 4) is 0 Å². The zero-order valence-corrected chi connectivity index (χ0v) is 9.46. The van der Waals surface area contributed by atoms with Crippen molar-refractivity contribution in [3.05, 3.63) is 0 Å². The van der Waals surface area contributed by atoms with Crippen molar-refractivity contribution in [2.45, 2.75) is 64.5 Å². The van der Waals surface area contributed by atoms with Crippen LogP contribution in [0.15, 0.2) is 0 Å². The van der Waals surface area contributed by atoms with Crippen LogP contribution in [0.4, 0.5) is 0 Å². The number of nitrogens with two attached hydrogens (primary N) is 2. The first-order chi connectivity index (χ1) is 6.60. The van der Waals surface area contributed by atoms with E-state index in [1.54, 1.807) is 0 Å². The SMILES string of the molecule is CCCC(N)CC(=O)CC(N)CCC. The Labute approximate surface area is 87.2 Å². The van der Waals surface area contributed by atoms with Gasteiger partial charge < -0.3 is 11.5 Å². The van der Waals surface area contributed by atoms with Crippen molar-refractivity contribution in [1.82, 2.24) is 0 Å². The molecule has 0 aliphatic rings. The lowest BCUT2D eigenvalue weighted by Gasteiger charge is -2.12. The Balaban J connectivity index is 3.63. The minimum Gasteiger partial charge on any atom is -0.327 e. The largest absolute Gasteiger partial charge is 0.327 e. The standard InChI is InChI=1S/C11H24N2O/c1-3-5-9(12)7-11(14)8-10(13)6-4-2/h9-10H,3-8,12-13H2,1-2H3. The first kappa shape index (κ1) is 13.6. The van der Waals surface area contributed by atoms with E-state index in [1.807, 2.05) is 0 Å². The van der Waals surface area contributed by atoms with E-state index >= 15 is 0 Å². The normalized spacial score (nSPS) is 15.1. The molecule has 3 nitrogen and oxygen atoms in total. The fraction of sp³-hybridized carbons (Fsp3) is 0.909. The Bertz CT molecular complexity index is 143. The summed E-state index contributed by atoms with van der Waals surface area (Å²) in [6, 6.07) is 0.0580. The molecule has 0 aromatic rings. The molecule has 0 aliphatic carbocycles. The second-order valence-corrected chi connectivity index (χ2v) is 4.04. The zero-order valence-electron chi connectivity index (χ0n) is 9.46. The van der Waals surface area contributed by atoms with Gasteiger partial charge >= 0.3 is 0 Å². The Morgan fingerprint density at radius 3 is 1.64 bits per heavy atom. The summed E-state index contributed by atoms with van der Waals surface area (Å²) in [4.78, 5) is 11.5. The van der Waals surface area contributed by atoms with Crippen LogP contribution in [0.25, 0.3) is 0 Å². The average molecular weight is 200 g/mol. The molecule has 0 saturated carbocycles. The summed E-state index contributed by atoms with van der Waals surface area (Å²) in [6.45, 7) is 4.15. The third kappa shape index (κ3) is 7.04. The van der Waals surface area contributed by atoms with E-state index in [1.165, 1.54) is 0 Å². The van der Waals surface area contributed by atoms with Crippen LogP contribution in [0.3, 0.4) is 0 Å². The molecule has 0 fully saturated rings. The maximum atomic E-state index is 11.5. The molecule has 0 rings (SSSR count). The molecule has 0 heterocycles. The van der Waals surface area contributed by atoms with Crippen LogP contribution in [0, 0.1) is 0 Å². The predicted octanol–water partition coefficient (Wildman–Crippen LogP) is 1.59. The van der Waals surface area contributed by atoms with Crippen LogP contribution >= 0.6 is 0 Å². The highest BCUT2D eigenvalue weighted by atomic mass is 16.1. The number of rotatable bonds is 8. The molecule has 0 spiro atoms. The van der Waals surface area contributed by atoms with Gasteiger partial charge in [-0.3, -0.25) is 4.79 Å². The maximum absolute atomic E-state index is 11.5. The van der Waals surface area contributed by atoms with E-state index in [0.29, 0.717) is 12.8 Å². The number of Topliss-reactive ketones (excluding diaryl/α,β-unsaturated/α-hetero) is 1. The van der Waals surface area contributed by atoms with Gasteiger partial charge in [-0.05, 0) is 12.8 Å². The number of hydrogen-bond acceptors (Lipinski definition) is 3. The van der Waals surface area contributed by atoms with Gasteiger partial charge in [0.15, 0.2) is 0 Å². The van der Waals surface area contributed by atoms with E-state index < -0.39 is 0 Å². The highest BCUT2D eigenvalue weighted by Gasteiger charge is 2.12. The van der Waals surface area contributed by atoms with Crippen LogP contribution in [0.1, 0.15) is 52.4 Å². The van der Waals surface area contributed by atoms with Crippen LogP contribution < -0.4 is 11.5 Å². The summed E-state index contributed by atoms with van der Waals surface area (Å²) >= 11 is 0. The van der Waals surface area contributed by atoms with Crippen molar-refractivity contribution in [3.63, 3.8) is 0 Å². The molecule has 0 aromatic carbocycles. The van der Waals surface area contributed by atoms with E-state index in [0.717, 1.165) is 25.7 Å². The highest BCUT2D eigenvalue weighted by molar-refractivity contribution is 5.79. The number of carbonyl (C=O) groups is 1. The second kappa shape index (κ2) is 7.94. The summed E-state index contributed by atoms with van der Waals surface area (Å²) in [7, 11) is 0. The van der Waals surface area contributed by atoms with Crippen molar-refractivity contribution in [1.29, 1.82) is 0 Å². The molecule has 2 atom stereocenters. The van der Waals surface area contributed by atoms with Gasteiger partial charge in [-0.15, -0.1) is 0 Å². The van der Waals surface area contributed by atoms with E-state index in [2.05, 4.69) is 13.8 Å². The molecule has 0 aromatic heterocycles. The molecule has 0 bridgehead atoms. The molecule has 84 valence electrons. The van der Waals surface area contributed by atoms with Gasteiger partial charge in [0.05, 0.1) is 0 Å². The smallest absolute Gasteiger partial charge is 0.135 e. The summed E-state index contributed by atoms with van der Waals surface area (Å²) in [6.07, 6.45) is 4.91. The van der Waals surface area contributed by atoms with Gasteiger partial charge in [0.2, 0.25) is 0 Å². The third-order valence-corrected chi connectivity index (χ3v) is 2.30. The lowest BCUT2D eigenvalue weighted by molar-refractivity contribution is -0.119. The summed E-state index contributed by atoms with van der Waals surface area (Å²) in [5.74, 6) is 0.215. The van der Waals surface area contributed by atoms with Crippen LogP contribution in [-0.2, 0) is 4.79 Å². The van der Waals surface area contributed by atoms with Gasteiger partial charge in [-0.25, -0.2) is 0 Å². The Morgan fingerprint density at radius 1 is 1.00 bits per heavy atom. The fourth-order valence-electron chi connectivity index (χ4n) is 1.61. The van der Waals surface area contributed by atoms with Crippen molar-refractivity contribution in [2.24, 2.45) is 11.5 Å². The minimum atomic E-state index is 0.0290. The highest BCUT2D eigenvalue weighted by Crippen LogP contribution is 2.05. The molecule has 0 saturated heterocycles. The van der Waals surface area contributed by atoms with Crippen LogP contribution in [0.5, 0.6) is 0 Å². The Morgan fingerprint density at radius 2 is 1.36 bits per heavy atom. The number of carbonyl (C=O) groups excluding carboxylic acids is 1. The zero-order chi connectivity index (χ0) is 11.0. The fourth-order valence-corrected chi connectivity index (χ4v) is 1.61. The molecule has 14 heavy (non-hydrogen) atoms. The van der Waals surface area contributed by atoms with Gasteiger partial charge in [0, 0.05) is 24.9 Å². The van der Waals surface area contributed by atoms with Crippen LogP contribution in [0.2, 0.25) is 0 Å². The second-order valence-electron chi connectivity index (χ2n) is 4.04. The lowest BCUT2D eigenvalue weighted by Crippen LogP contribution is -2.28. The number of hydrogen-bond donors (Lipinski definition) is 2. The van der Waals surface area contributed by atoms with Crippen LogP contribution in [-0.4, -0.2) is 17.9 Å². The Kier molecular flexibility index (Phi) is 7.71. The Hall–Kier alpha value is -0.410. The minimum absolute atomic E-state index is 0.0290. The van der Waals surface area contributed by atoms with Crippen molar-refractivity contribution in [2.75, 3.05) is 0 Å². The topological polar surface area (TPSA) is 69.1 Å². The first-order valence-corrected chi connectivity index (χ1v) is 5.63. The van der Waals surface area contributed by atoms with E-state index in [4.69, 9.17) is 11.5 Å². The molecule has 0 amide bonds. The molecule has 4 N–H and O–H groups in total. The summed E-state index contributed by atoms with van der Waals surface area (Å²) in [5.41, 5.74) is 11.5. The average Bonchev–Trinajstić information content (AvgIpc) is 2.03. The molecule has 0 radical (unpaired) electrons. The van der Waals surface area contributed by atoms with Gasteiger partial charge in [-0.1, -0.05) is 26.7 Å². The van der Waals surface area contributed by atoms with E-state index in [-0.39, 0.29) is 17.9 Å². The monoisotopic (exact) mass is 200 g/mol. The van der Waals surface area contributed by atoms with Crippen molar-refractivity contribution < 1.29 is 4.79 Å².